The van der Waals surface area contributed by atoms with Crippen LogP contribution in [0.15, 0.2) is 24.4 Å². The van der Waals surface area contributed by atoms with Crippen molar-refractivity contribution in [3.05, 3.63) is 30.1 Å². The molecule has 22 heavy (non-hydrogen) atoms. The van der Waals surface area contributed by atoms with Gasteiger partial charge in [0.05, 0.1) is 18.4 Å². The van der Waals surface area contributed by atoms with E-state index in [0.29, 0.717) is 13.2 Å². The Morgan fingerprint density at radius 1 is 1.45 bits per heavy atom. The Hall–Kier alpha value is -1.46. The van der Waals surface area contributed by atoms with Gasteiger partial charge in [0, 0.05) is 25.9 Å². The molecule has 1 amide bonds. The third-order valence-corrected chi connectivity index (χ3v) is 4.59. The summed E-state index contributed by atoms with van der Waals surface area (Å²) < 4.78 is 11.6. The summed E-state index contributed by atoms with van der Waals surface area (Å²) in [7, 11) is 0. The van der Waals surface area contributed by atoms with Crippen molar-refractivity contribution >= 4 is 5.91 Å². The van der Waals surface area contributed by atoms with E-state index in [1.807, 2.05) is 30.0 Å². The molecule has 3 rings (SSSR count). The molecule has 0 saturated carbocycles. The number of hydrogen-bond donors (Lipinski definition) is 0. The molecule has 3 heterocycles. The van der Waals surface area contributed by atoms with Crippen LogP contribution in [0, 0.1) is 0 Å². The van der Waals surface area contributed by atoms with Crippen LogP contribution in [-0.2, 0) is 20.9 Å². The number of piperidine rings is 1. The zero-order valence-corrected chi connectivity index (χ0v) is 13.2. The molecule has 1 aromatic heterocycles. The summed E-state index contributed by atoms with van der Waals surface area (Å²) in [6.45, 7) is 4.67. The van der Waals surface area contributed by atoms with Crippen LogP contribution >= 0.6 is 0 Å². The van der Waals surface area contributed by atoms with E-state index >= 15 is 0 Å². The van der Waals surface area contributed by atoms with E-state index in [1.54, 1.807) is 6.20 Å². The van der Waals surface area contributed by atoms with Gasteiger partial charge in [-0.25, -0.2) is 0 Å². The quantitative estimate of drug-likeness (QED) is 0.855. The SMILES string of the molecule is CC1(C(=O)N2CCC(OCc3ccccn3)CC2)CCCO1. The minimum atomic E-state index is -0.596. The lowest BCUT2D eigenvalue weighted by Gasteiger charge is -2.36. The first-order valence-corrected chi connectivity index (χ1v) is 8.12. The Morgan fingerprint density at radius 2 is 2.27 bits per heavy atom. The van der Waals surface area contributed by atoms with Crippen LogP contribution in [0.5, 0.6) is 0 Å². The average Bonchev–Trinajstić information content (AvgIpc) is 3.02. The monoisotopic (exact) mass is 304 g/mol. The third-order valence-electron chi connectivity index (χ3n) is 4.59. The van der Waals surface area contributed by atoms with Crippen LogP contribution in [0.25, 0.3) is 0 Å². The first-order chi connectivity index (χ1) is 10.7. The smallest absolute Gasteiger partial charge is 0.254 e. The number of likely N-dealkylation sites (tertiary alicyclic amines) is 1. The molecule has 0 aromatic carbocycles. The van der Waals surface area contributed by atoms with E-state index in [4.69, 9.17) is 9.47 Å². The van der Waals surface area contributed by atoms with Crippen molar-refractivity contribution in [3.63, 3.8) is 0 Å². The first-order valence-electron chi connectivity index (χ1n) is 8.12. The Labute approximate surface area is 131 Å². The molecule has 120 valence electrons. The molecule has 2 aliphatic heterocycles. The topological polar surface area (TPSA) is 51.7 Å². The number of ether oxygens (including phenoxy) is 2. The van der Waals surface area contributed by atoms with Gasteiger partial charge in [0.15, 0.2) is 0 Å². The second-order valence-corrected chi connectivity index (χ2v) is 6.31. The standard InChI is InChI=1S/C17H24N2O3/c1-17(8-4-12-22-17)16(20)19-10-6-15(7-11-19)21-13-14-5-2-3-9-18-14/h2-3,5,9,15H,4,6-8,10-13H2,1H3. The number of aromatic nitrogens is 1. The number of carbonyl (C=O) groups excluding carboxylic acids is 1. The van der Waals surface area contributed by atoms with Gasteiger partial charge in [0.2, 0.25) is 0 Å². The lowest BCUT2D eigenvalue weighted by Crippen LogP contribution is -2.50. The number of rotatable bonds is 4. The average molecular weight is 304 g/mol. The fourth-order valence-electron chi connectivity index (χ4n) is 3.19. The highest BCUT2D eigenvalue weighted by Gasteiger charge is 2.41. The van der Waals surface area contributed by atoms with Crippen molar-refractivity contribution in [1.29, 1.82) is 0 Å². The number of carbonyl (C=O) groups is 1. The fourth-order valence-corrected chi connectivity index (χ4v) is 3.19. The highest BCUT2D eigenvalue weighted by molar-refractivity contribution is 5.85. The zero-order valence-electron chi connectivity index (χ0n) is 13.2. The fraction of sp³-hybridized carbons (Fsp3) is 0.647. The first kappa shape index (κ1) is 15.4. The molecule has 0 bridgehead atoms. The van der Waals surface area contributed by atoms with Crippen molar-refractivity contribution in [1.82, 2.24) is 9.88 Å². The van der Waals surface area contributed by atoms with Crippen molar-refractivity contribution in [2.45, 2.75) is 50.9 Å². The summed E-state index contributed by atoms with van der Waals surface area (Å²) in [5, 5.41) is 0. The zero-order chi connectivity index (χ0) is 15.4. The Bertz CT molecular complexity index is 492. The molecule has 2 saturated heterocycles. The van der Waals surface area contributed by atoms with Crippen LogP contribution in [0.2, 0.25) is 0 Å². The Morgan fingerprint density at radius 3 is 2.91 bits per heavy atom. The lowest BCUT2D eigenvalue weighted by atomic mass is 9.98. The molecule has 0 spiro atoms. The van der Waals surface area contributed by atoms with Crippen LogP contribution in [0.1, 0.15) is 38.3 Å². The van der Waals surface area contributed by atoms with Gasteiger partial charge in [0.1, 0.15) is 5.60 Å². The second-order valence-electron chi connectivity index (χ2n) is 6.31. The largest absolute Gasteiger partial charge is 0.372 e. The summed E-state index contributed by atoms with van der Waals surface area (Å²) >= 11 is 0. The van der Waals surface area contributed by atoms with E-state index in [2.05, 4.69) is 4.98 Å². The molecule has 0 N–H and O–H groups in total. The normalized spacial score (nSPS) is 26.3. The summed E-state index contributed by atoms with van der Waals surface area (Å²) in [6, 6.07) is 5.84. The maximum absolute atomic E-state index is 12.6. The molecule has 0 aliphatic carbocycles. The summed E-state index contributed by atoms with van der Waals surface area (Å²) in [5.41, 5.74) is 0.356. The van der Waals surface area contributed by atoms with Crippen molar-refractivity contribution in [3.8, 4) is 0 Å². The highest BCUT2D eigenvalue weighted by atomic mass is 16.5. The second kappa shape index (κ2) is 6.75. The van der Waals surface area contributed by atoms with Crippen molar-refractivity contribution < 1.29 is 14.3 Å². The van der Waals surface area contributed by atoms with Gasteiger partial charge in [-0.3, -0.25) is 9.78 Å². The van der Waals surface area contributed by atoms with Crippen molar-refractivity contribution in [2.75, 3.05) is 19.7 Å². The van der Waals surface area contributed by atoms with E-state index in [0.717, 1.165) is 44.5 Å². The predicted molar refractivity (Wildman–Crippen MR) is 82.2 cm³/mol. The molecular weight excluding hydrogens is 280 g/mol. The molecule has 1 atom stereocenters. The Balaban J connectivity index is 1.45. The molecule has 5 heteroatoms. The van der Waals surface area contributed by atoms with E-state index in [-0.39, 0.29) is 12.0 Å². The van der Waals surface area contributed by atoms with Crippen LogP contribution in [0.4, 0.5) is 0 Å². The molecule has 2 fully saturated rings. The van der Waals surface area contributed by atoms with Gasteiger partial charge in [-0.1, -0.05) is 6.07 Å². The summed E-state index contributed by atoms with van der Waals surface area (Å²) in [5.74, 6) is 0.146. The Kier molecular flexibility index (Phi) is 4.74. The minimum absolute atomic E-state index is 0.146. The third kappa shape index (κ3) is 3.47. The number of amides is 1. The minimum Gasteiger partial charge on any atom is -0.372 e. The number of hydrogen-bond acceptors (Lipinski definition) is 4. The molecule has 1 unspecified atom stereocenters. The van der Waals surface area contributed by atoms with Crippen LogP contribution in [-0.4, -0.2) is 47.2 Å². The van der Waals surface area contributed by atoms with E-state index < -0.39 is 5.60 Å². The summed E-state index contributed by atoms with van der Waals surface area (Å²) in [4.78, 5) is 18.8. The van der Waals surface area contributed by atoms with E-state index in [9.17, 15) is 4.79 Å². The van der Waals surface area contributed by atoms with E-state index in [1.165, 1.54) is 0 Å². The molecule has 2 aliphatic rings. The summed E-state index contributed by atoms with van der Waals surface area (Å²) in [6.07, 6.45) is 5.57. The molecule has 5 nitrogen and oxygen atoms in total. The van der Waals surface area contributed by atoms with Crippen LogP contribution < -0.4 is 0 Å². The van der Waals surface area contributed by atoms with Gasteiger partial charge in [-0.15, -0.1) is 0 Å². The molecule has 0 radical (unpaired) electrons. The highest BCUT2D eigenvalue weighted by Crippen LogP contribution is 2.28. The molecular formula is C17H24N2O3. The molecule has 1 aromatic rings. The number of nitrogens with zero attached hydrogens (tertiary/aromatic N) is 2. The maximum atomic E-state index is 12.6. The van der Waals surface area contributed by atoms with Crippen molar-refractivity contribution in [2.24, 2.45) is 0 Å². The van der Waals surface area contributed by atoms with Gasteiger partial charge in [0.25, 0.3) is 5.91 Å². The van der Waals surface area contributed by atoms with Gasteiger partial charge >= 0.3 is 0 Å². The van der Waals surface area contributed by atoms with Gasteiger partial charge in [-0.2, -0.15) is 0 Å². The number of pyridine rings is 1. The van der Waals surface area contributed by atoms with Gasteiger partial charge < -0.3 is 14.4 Å². The predicted octanol–water partition coefficient (Wildman–Crippen LogP) is 2.16. The lowest BCUT2D eigenvalue weighted by molar-refractivity contribution is -0.153. The maximum Gasteiger partial charge on any atom is 0.254 e. The van der Waals surface area contributed by atoms with Crippen LogP contribution in [0.3, 0.4) is 0 Å². The van der Waals surface area contributed by atoms with Gasteiger partial charge in [-0.05, 0) is 44.7 Å².